The fraction of sp³-hybridized carbons (Fsp3) is 0.156. The number of nitro benzene ring substituents is 1. The average molecular weight is 505 g/mol. The summed E-state index contributed by atoms with van der Waals surface area (Å²) in [6, 6.07) is 26.5. The van der Waals surface area contributed by atoms with Crippen molar-refractivity contribution in [3.05, 3.63) is 128 Å². The van der Waals surface area contributed by atoms with Gasteiger partial charge in [-0.05, 0) is 55.7 Å². The third-order valence-corrected chi connectivity index (χ3v) is 6.80. The van der Waals surface area contributed by atoms with Crippen molar-refractivity contribution in [3.8, 4) is 28.1 Å². The highest BCUT2D eigenvalue weighted by molar-refractivity contribution is 5.93. The van der Waals surface area contributed by atoms with Crippen LogP contribution in [0.4, 0.5) is 5.69 Å². The van der Waals surface area contributed by atoms with Crippen LogP contribution in [0.5, 0.6) is 5.75 Å². The zero-order valence-electron chi connectivity index (χ0n) is 21.8. The molecular weight excluding hydrogens is 476 g/mol. The number of hydrogen-bond acceptors (Lipinski definition) is 4. The molecule has 4 aromatic carbocycles. The standard InChI is InChI=1S/C32H28N2O4/c1-20-5-9-24(10-6-20)31-30(25-16-21(2)15-22(3)17-25)32(35)28-18-26(34(36)37)11-14-29(28)33(31)19-23-7-12-27(38-4)13-8-23/h5-18H,19H2,1-4H3. The summed E-state index contributed by atoms with van der Waals surface area (Å²) in [6.45, 7) is 6.49. The number of non-ortho nitro benzene ring substituents is 1. The second-order valence-electron chi connectivity index (χ2n) is 9.69. The first-order valence-corrected chi connectivity index (χ1v) is 12.4. The van der Waals surface area contributed by atoms with E-state index in [1.54, 1.807) is 13.2 Å². The van der Waals surface area contributed by atoms with Gasteiger partial charge in [0.15, 0.2) is 5.43 Å². The Morgan fingerprint density at radius 3 is 2.05 bits per heavy atom. The molecule has 0 bridgehead atoms. The molecule has 0 unspecified atom stereocenters. The molecule has 0 aliphatic rings. The number of fused-ring (bicyclic) bond motifs is 1. The molecule has 0 saturated carbocycles. The Labute approximate surface area is 220 Å². The van der Waals surface area contributed by atoms with Gasteiger partial charge in [-0.15, -0.1) is 0 Å². The largest absolute Gasteiger partial charge is 0.497 e. The Bertz CT molecular complexity index is 1710. The summed E-state index contributed by atoms with van der Waals surface area (Å²) in [5.74, 6) is 0.754. The van der Waals surface area contributed by atoms with Gasteiger partial charge in [-0.25, -0.2) is 0 Å². The summed E-state index contributed by atoms with van der Waals surface area (Å²) in [7, 11) is 1.63. The van der Waals surface area contributed by atoms with Crippen molar-refractivity contribution in [1.82, 2.24) is 4.57 Å². The Balaban J connectivity index is 1.92. The maximum Gasteiger partial charge on any atom is 0.270 e. The van der Waals surface area contributed by atoms with Crippen LogP contribution in [0, 0.1) is 30.9 Å². The first-order chi connectivity index (χ1) is 18.2. The van der Waals surface area contributed by atoms with Crippen molar-refractivity contribution in [3.63, 3.8) is 0 Å². The smallest absolute Gasteiger partial charge is 0.270 e. The predicted octanol–water partition coefficient (Wildman–Crippen LogP) is 7.23. The lowest BCUT2D eigenvalue weighted by Gasteiger charge is -2.22. The van der Waals surface area contributed by atoms with Gasteiger partial charge in [-0.1, -0.05) is 71.3 Å². The van der Waals surface area contributed by atoms with E-state index in [-0.39, 0.29) is 11.1 Å². The van der Waals surface area contributed by atoms with Crippen molar-refractivity contribution in [1.29, 1.82) is 0 Å². The van der Waals surface area contributed by atoms with Crippen molar-refractivity contribution >= 4 is 16.6 Å². The fourth-order valence-electron chi connectivity index (χ4n) is 5.03. The lowest BCUT2D eigenvalue weighted by molar-refractivity contribution is -0.384. The molecule has 0 radical (unpaired) electrons. The van der Waals surface area contributed by atoms with Gasteiger partial charge in [0, 0.05) is 18.7 Å². The van der Waals surface area contributed by atoms with Crippen molar-refractivity contribution in [2.24, 2.45) is 0 Å². The van der Waals surface area contributed by atoms with Crippen molar-refractivity contribution in [2.45, 2.75) is 27.3 Å². The summed E-state index contributed by atoms with van der Waals surface area (Å²) in [5.41, 5.74) is 7.49. The molecule has 0 saturated heterocycles. The Morgan fingerprint density at radius 2 is 1.45 bits per heavy atom. The van der Waals surface area contributed by atoms with E-state index in [4.69, 9.17) is 4.74 Å². The quantitative estimate of drug-likeness (QED) is 0.181. The zero-order chi connectivity index (χ0) is 27.0. The summed E-state index contributed by atoms with van der Waals surface area (Å²) in [5, 5.41) is 12.0. The molecule has 1 heterocycles. The number of aryl methyl sites for hydroxylation is 3. The molecule has 1 aromatic heterocycles. The number of nitrogens with zero attached hydrogens (tertiary/aromatic N) is 2. The highest BCUT2D eigenvalue weighted by atomic mass is 16.6. The maximum absolute atomic E-state index is 14.2. The van der Waals surface area contributed by atoms with Gasteiger partial charge >= 0.3 is 0 Å². The van der Waals surface area contributed by atoms with Gasteiger partial charge in [-0.3, -0.25) is 14.9 Å². The SMILES string of the molecule is COc1ccc(Cn2c(-c3ccc(C)cc3)c(-c3cc(C)cc(C)c3)c(=O)c3cc([N+](=O)[O-])ccc32)cc1. The summed E-state index contributed by atoms with van der Waals surface area (Å²) in [4.78, 5) is 25.4. The number of rotatable bonds is 6. The van der Waals surface area contributed by atoms with E-state index in [2.05, 4.69) is 10.6 Å². The number of nitro groups is 1. The van der Waals surface area contributed by atoms with E-state index in [1.807, 2.05) is 81.4 Å². The van der Waals surface area contributed by atoms with Crippen LogP contribution in [0.2, 0.25) is 0 Å². The molecule has 6 nitrogen and oxygen atoms in total. The van der Waals surface area contributed by atoms with Crippen LogP contribution < -0.4 is 10.2 Å². The zero-order valence-corrected chi connectivity index (χ0v) is 21.8. The average Bonchev–Trinajstić information content (AvgIpc) is 2.90. The summed E-state index contributed by atoms with van der Waals surface area (Å²) in [6.07, 6.45) is 0. The van der Waals surface area contributed by atoms with Crippen LogP contribution in [0.3, 0.4) is 0 Å². The van der Waals surface area contributed by atoms with Crippen LogP contribution in [-0.4, -0.2) is 16.6 Å². The molecule has 0 fully saturated rings. The predicted molar refractivity (Wildman–Crippen MR) is 152 cm³/mol. The number of hydrogen-bond donors (Lipinski definition) is 0. The Morgan fingerprint density at radius 1 is 0.789 bits per heavy atom. The first-order valence-electron chi connectivity index (χ1n) is 12.4. The third kappa shape index (κ3) is 4.68. The van der Waals surface area contributed by atoms with E-state index in [1.165, 1.54) is 12.1 Å². The summed E-state index contributed by atoms with van der Waals surface area (Å²) < 4.78 is 7.43. The Hall–Kier alpha value is -4.71. The van der Waals surface area contributed by atoms with E-state index >= 15 is 0 Å². The molecular formula is C32H28N2O4. The van der Waals surface area contributed by atoms with E-state index in [0.29, 0.717) is 23.0 Å². The molecule has 0 amide bonds. The fourth-order valence-corrected chi connectivity index (χ4v) is 5.03. The third-order valence-electron chi connectivity index (χ3n) is 6.80. The minimum absolute atomic E-state index is 0.111. The van der Waals surface area contributed by atoms with Gasteiger partial charge in [-0.2, -0.15) is 0 Å². The van der Waals surface area contributed by atoms with E-state index < -0.39 is 4.92 Å². The maximum atomic E-state index is 14.2. The molecule has 0 aliphatic heterocycles. The molecule has 38 heavy (non-hydrogen) atoms. The number of pyridine rings is 1. The van der Waals surface area contributed by atoms with Crippen molar-refractivity contribution < 1.29 is 9.66 Å². The van der Waals surface area contributed by atoms with Gasteiger partial charge in [0.05, 0.1) is 34.2 Å². The Kier molecular flexibility index (Phi) is 6.55. The van der Waals surface area contributed by atoms with Crippen molar-refractivity contribution in [2.75, 3.05) is 7.11 Å². The second kappa shape index (κ2) is 9.98. The molecule has 0 N–H and O–H groups in total. The molecule has 5 rings (SSSR count). The van der Waals surface area contributed by atoms with Crippen LogP contribution in [-0.2, 0) is 6.54 Å². The molecule has 0 aliphatic carbocycles. The summed E-state index contributed by atoms with van der Waals surface area (Å²) >= 11 is 0. The van der Waals surface area contributed by atoms with Gasteiger partial charge in [0.1, 0.15) is 5.75 Å². The lowest BCUT2D eigenvalue weighted by Crippen LogP contribution is -2.17. The second-order valence-corrected chi connectivity index (χ2v) is 9.69. The van der Waals surface area contributed by atoms with Gasteiger partial charge < -0.3 is 9.30 Å². The molecule has 5 aromatic rings. The lowest BCUT2D eigenvalue weighted by atomic mass is 9.93. The number of benzene rings is 4. The normalized spacial score (nSPS) is 11.1. The topological polar surface area (TPSA) is 74.4 Å². The molecule has 0 spiro atoms. The van der Waals surface area contributed by atoms with Gasteiger partial charge in [0.2, 0.25) is 0 Å². The van der Waals surface area contributed by atoms with Gasteiger partial charge in [0.25, 0.3) is 5.69 Å². The highest BCUT2D eigenvalue weighted by Crippen LogP contribution is 2.35. The van der Waals surface area contributed by atoms with Crippen LogP contribution in [0.25, 0.3) is 33.3 Å². The number of ether oxygens (including phenoxy) is 1. The van der Waals surface area contributed by atoms with Crippen LogP contribution in [0.1, 0.15) is 22.3 Å². The number of methoxy groups -OCH3 is 1. The minimum Gasteiger partial charge on any atom is -0.497 e. The monoisotopic (exact) mass is 504 g/mol. The molecule has 190 valence electrons. The molecule has 6 heteroatoms. The molecule has 0 atom stereocenters. The minimum atomic E-state index is -0.461. The highest BCUT2D eigenvalue weighted by Gasteiger charge is 2.22. The van der Waals surface area contributed by atoms with Crippen LogP contribution >= 0.6 is 0 Å². The van der Waals surface area contributed by atoms with Crippen LogP contribution in [0.15, 0.2) is 89.7 Å². The first kappa shape index (κ1) is 25.0. The van der Waals surface area contributed by atoms with E-state index in [0.717, 1.165) is 44.8 Å². The van der Waals surface area contributed by atoms with E-state index in [9.17, 15) is 14.9 Å². The number of aromatic nitrogens is 1.